The van der Waals surface area contributed by atoms with Gasteiger partial charge >= 0.3 is 0 Å². The summed E-state index contributed by atoms with van der Waals surface area (Å²) >= 11 is 1.35. The molecule has 0 saturated heterocycles. The molecule has 0 aliphatic carbocycles. The van der Waals surface area contributed by atoms with Crippen molar-refractivity contribution >= 4 is 22.4 Å². The lowest BCUT2D eigenvalue weighted by molar-refractivity contribution is 0.101. The fourth-order valence-electron chi connectivity index (χ4n) is 2.34. The van der Waals surface area contributed by atoms with Crippen LogP contribution in [0.3, 0.4) is 0 Å². The fraction of sp³-hybridized carbons (Fsp3) is 0. The molecule has 4 aromatic rings. The van der Waals surface area contributed by atoms with Gasteiger partial charge in [0.2, 0.25) is 5.82 Å². The summed E-state index contributed by atoms with van der Waals surface area (Å²) in [6.07, 6.45) is 0. The number of carbonyl (C=O) groups is 1. The van der Waals surface area contributed by atoms with Gasteiger partial charge in [-0.15, -0.1) is 16.4 Å². The minimum atomic E-state index is -0.426. The second-order valence-electron chi connectivity index (χ2n) is 5.19. The van der Waals surface area contributed by atoms with E-state index in [2.05, 4.69) is 55.2 Å². The van der Waals surface area contributed by atoms with E-state index >= 15 is 0 Å². The van der Waals surface area contributed by atoms with Crippen LogP contribution in [0.4, 0.5) is 5.13 Å². The van der Waals surface area contributed by atoms with Crippen molar-refractivity contribution in [3.8, 4) is 22.4 Å². The molecule has 0 bridgehead atoms. The monoisotopic (exact) mass is 348 g/mol. The molecule has 0 aliphatic heterocycles. The topological polar surface area (TPSA) is 96.5 Å². The normalized spacial score (nSPS) is 10.6. The van der Waals surface area contributed by atoms with E-state index in [0.717, 1.165) is 16.8 Å². The number of hydrogen-bond acceptors (Lipinski definition) is 6. The highest BCUT2D eigenvalue weighted by atomic mass is 32.1. The fourth-order valence-corrected chi connectivity index (χ4v) is 3.05. The zero-order valence-electron chi connectivity index (χ0n) is 12.9. The molecular weight excluding hydrogens is 336 g/mol. The number of nitrogens with zero attached hydrogens (tertiary/aromatic N) is 4. The molecule has 2 aromatic carbocycles. The number of benzene rings is 2. The maximum absolute atomic E-state index is 11.9. The van der Waals surface area contributed by atoms with Crippen LogP contribution in [0.1, 0.15) is 10.6 Å². The predicted octanol–water partition coefficient (Wildman–Crippen LogP) is 3.24. The zero-order valence-corrected chi connectivity index (χ0v) is 13.7. The summed E-state index contributed by atoms with van der Waals surface area (Å²) in [5, 5.41) is 17.8. The number of hydrogen-bond donors (Lipinski definition) is 2. The number of nitrogens with one attached hydrogen (secondary N) is 2. The highest BCUT2D eigenvalue weighted by Crippen LogP contribution is 2.27. The number of carbonyl (C=O) groups excluding carboxylic acids is 1. The Kier molecular flexibility index (Phi) is 4.01. The molecule has 25 heavy (non-hydrogen) atoms. The van der Waals surface area contributed by atoms with Crippen molar-refractivity contribution in [2.75, 3.05) is 5.32 Å². The second-order valence-corrected chi connectivity index (χ2v) is 6.04. The van der Waals surface area contributed by atoms with E-state index in [9.17, 15) is 4.79 Å². The Balaban J connectivity index is 1.51. The highest BCUT2D eigenvalue weighted by molar-refractivity contribution is 7.14. The molecule has 2 aromatic heterocycles. The van der Waals surface area contributed by atoms with Crippen molar-refractivity contribution in [1.29, 1.82) is 0 Å². The Labute approximate surface area is 146 Å². The van der Waals surface area contributed by atoms with Crippen LogP contribution >= 0.6 is 11.3 Å². The second kappa shape index (κ2) is 6.62. The first-order valence-corrected chi connectivity index (χ1v) is 8.34. The van der Waals surface area contributed by atoms with Crippen LogP contribution in [0.2, 0.25) is 0 Å². The van der Waals surface area contributed by atoms with Crippen LogP contribution in [0.25, 0.3) is 22.4 Å². The van der Waals surface area contributed by atoms with Gasteiger partial charge in [-0.25, -0.2) is 10.1 Å². The minimum absolute atomic E-state index is 0.0453. The molecular formula is C17H12N6OS. The van der Waals surface area contributed by atoms with Gasteiger partial charge in [-0.1, -0.05) is 54.6 Å². The third-order valence-corrected chi connectivity index (χ3v) is 4.33. The first kappa shape index (κ1) is 15.2. The van der Waals surface area contributed by atoms with E-state index in [4.69, 9.17) is 0 Å². The van der Waals surface area contributed by atoms with Gasteiger partial charge in [0.05, 0.1) is 5.69 Å². The Morgan fingerprint density at radius 2 is 1.68 bits per heavy atom. The third kappa shape index (κ3) is 3.29. The van der Waals surface area contributed by atoms with E-state index < -0.39 is 5.91 Å². The lowest BCUT2D eigenvalue weighted by Crippen LogP contribution is -2.13. The highest BCUT2D eigenvalue weighted by Gasteiger charge is 2.13. The number of tetrazole rings is 1. The molecule has 122 valence electrons. The summed E-state index contributed by atoms with van der Waals surface area (Å²) in [6.45, 7) is 0. The summed E-state index contributed by atoms with van der Waals surface area (Å²) in [5.74, 6) is -0.380. The molecule has 8 heteroatoms. The number of rotatable bonds is 4. The quantitative estimate of drug-likeness (QED) is 0.590. The average molecular weight is 348 g/mol. The first-order chi connectivity index (χ1) is 12.3. The summed E-state index contributed by atoms with van der Waals surface area (Å²) in [5.41, 5.74) is 4.10. The Morgan fingerprint density at radius 1 is 0.960 bits per heavy atom. The summed E-state index contributed by atoms with van der Waals surface area (Å²) in [6, 6.07) is 18.3. The lowest BCUT2D eigenvalue weighted by atomic mass is 10.0. The summed E-state index contributed by atoms with van der Waals surface area (Å²) in [4.78, 5) is 16.3. The van der Waals surface area contributed by atoms with Gasteiger partial charge in [0.15, 0.2) is 5.13 Å². The molecule has 0 fully saturated rings. The van der Waals surface area contributed by atoms with Crippen LogP contribution in [0.5, 0.6) is 0 Å². The van der Waals surface area contributed by atoms with Crippen molar-refractivity contribution < 1.29 is 4.79 Å². The van der Waals surface area contributed by atoms with E-state index in [0.29, 0.717) is 5.13 Å². The number of H-pyrrole nitrogens is 1. The van der Waals surface area contributed by atoms with Gasteiger partial charge in [-0.05, 0) is 21.6 Å². The Hall–Kier alpha value is -3.39. The van der Waals surface area contributed by atoms with Crippen LogP contribution in [0, 0.1) is 0 Å². The van der Waals surface area contributed by atoms with Gasteiger partial charge in [0, 0.05) is 10.9 Å². The van der Waals surface area contributed by atoms with Gasteiger partial charge in [-0.3, -0.25) is 10.1 Å². The SMILES string of the molecule is O=C(Nc1nc(-c2ccc(-c3ccccc3)cc2)cs1)c1nnn[nH]1. The van der Waals surface area contributed by atoms with Crippen LogP contribution in [-0.2, 0) is 0 Å². The van der Waals surface area contributed by atoms with Crippen molar-refractivity contribution in [3.05, 3.63) is 65.8 Å². The van der Waals surface area contributed by atoms with Crippen LogP contribution in [0.15, 0.2) is 60.0 Å². The zero-order chi connectivity index (χ0) is 17.1. The molecule has 0 saturated carbocycles. The average Bonchev–Trinajstić information content (AvgIpc) is 3.35. The summed E-state index contributed by atoms with van der Waals surface area (Å²) < 4.78 is 0. The van der Waals surface area contributed by atoms with Crippen molar-refractivity contribution in [2.45, 2.75) is 0 Å². The number of anilines is 1. The standard InChI is InChI=1S/C17H12N6OS/c24-16(15-20-22-23-21-15)19-17-18-14(10-25-17)13-8-6-12(7-9-13)11-4-2-1-3-5-11/h1-10H,(H,18,19,24)(H,20,21,22,23). The van der Waals surface area contributed by atoms with Gasteiger partial charge in [-0.2, -0.15) is 0 Å². The van der Waals surface area contributed by atoms with Gasteiger partial charge in [0.25, 0.3) is 5.91 Å². The molecule has 2 N–H and O–H groups in total. The minimum Gasteiger partial charge on any atom is -0.295 e. The van der Waals surface area contributed by atoms with Gasteiger partial charge < -0.3 is 0 Å². The number of aromatic nitrogens is 5. The van der Waals surface area contributed by atoms with Crippen molar-refractivity contribution in [3.63, 3.8) is 0 Å². The molecule has 7 nitrogen and oxygen atoms in total. The van der Waals surface area contributed by atoms with E-state index in [1.807, 2.05) is 35.7 Å². The van der Waals surface area contributed by atoms with Crippen LogP contribution < -0.4 is 5.32 Å². The maximum Gasteiger partial charge on any atom is 0.296 e. The smallest absolute Gasteiger partial charge is 0.295 e. The van der Waals surface area contributed by atoms with E-state index in [1.165, 1.54) is 16.9 Å². The van der Waals surface area contributed by atoms with Gasteiger partial charge in [0.1, 0.15) is 0 Å². The number of thiazole rings is 1. The molecule has 1 amide bonds. The maximum atomic E-state index is 11.9. The van der Waals surface area contributed by atoms with Crippen LogP contribution in [-0.4, -0.2) is 31.5 Å². The molecule has 0 atom stereocenters. The molecule has 0 unspecified atom stereocenters. The third-order valence-electron chi connectivity index (χ3n) is 3.57. The summed E-state index contributed by atoms with van der Waals surface area (Å²) in [7, 11) is 0. The molecule has 2 heterocycles. The predicted molar refractivity (Wildman–Crippen MR) is 95.1 cm³/mol. The van der Waals surface area contributed by atoms with Crippen molar-refractivity contribution in [1.82, 2.24) is 25.6 Å². The molecule has 0 spiro atoms. The molecule has 0 radical (unpaired) electrons. The van der Waals surface area contributed by atoms with E-state index in [-0.39, 0.29) is 5.82 Å². The number of aromatic amines is 1. The Bertz CT molecular complexity index is 980. The van der Waals surface area contributed by atoms with Crippen molar-refractivity contribution in [2.24, 2.45) is 0 Å². The Morgan fingerprint density at radius 3 is 2.40 bits per heavy atom. The largest absolute Gasteiger partial charge is 0.296 e. The number of amides is 1. The lowest BCUT2D eigenvalue weighted by Gasteiger charge is -2.03. The van der Waals surface area contributed by atoms with E-state index in [1.54, 1.807) is 0 Å². The molecule has 4 rings (SSSR count). The first-order valence-electron chi connectivity index (χ1n) is 7.46. The molecule has 0 aliphatic rings.